The first-order valence-corrected chi connectivity index (χ1v) is 6.78. The molecule has 8 nitrogen and oxygen atoms in total. The molecule has 118 valence electrons. The zero-order chi connectivity index (χ0) is 16.3. The summed E-state index contributed by atoms with van der Waals surface area (Å²) in [6.07, 6.45) is 2.21. The minimum absolute atomic E-state index is 0.0477. The van der Waals surface area contributed by atoms with E-state index in [0.717, 1.165) is 18.9 Å². The number of carboxylic acids is 1. The van der Waals surface area contributed by atoms with E-state index in [4.69, 9.17) is 4.74 Å². The van der Waals surface area contributed by atoms with Crippen molar-refractivity contribution in [3.8, 4) is 5.75 Å². The van der Waals surface area contributed by atoms with Crippen LogP contribution in [0.25, 0.3) is 0 Å². The minimum atomic E-state index is -1.26. The third-order valence-electron chi connectivity index (χ3n) is 3.86. The maximum atomic E-state index is 12.3. The lowest BCUT2D eigenvalue weighted by Gasteiger charge is -2.25. The van der Waals surface area contributed by atoms with E-state index < -0.39 is 22.3 Å². The van der Waals surface area contributed by atoms with Gasteiger partial charge in [0, 0.05) is 17.7 Å². The van der Waals surface area contributed by atoms with E-state index >= 15 is 0 Å². The van der Waals surface area contributed by atoms with Crippen LogP contribution in [0.4, 0.5) is 5.69 Å². The van der Waals surface area contributed by atoms with Crippen LogP contribution in [0.5, 0.6) is 5.75 Å². The summed E-state index contributed by atoms with van der Waals surface area (Å²) in [7, 11) is 1.26. The number of hydrogen-bond acceptors (Lipinski definition) is 5. The van der Waals surface area contributed by atoms with E-state index in [0.29, 0.717) is 12.8 Å². The Morgan fingerprint density at radius 3 is 2.50 bits per heavy atom. The van der Waals surface area contributed by atoms with Crippen molar-refractivity contribution in [3.05, 3.63) is 33.9 Å². The van der Waals surface area contributed by atoms with Gasteiger partial charge < -0.3 is 15.2 Å². The Labute approximate surface area is 126 Å². The fraction of sp³-hybridized carbons (Fsp3) is 0.429. The molecule has 1 aliphatic rings. The number of amides is 1. The summed E-state index contributed by atoms with van der Waals surface area (Å²) in [5.41, 5.74) is -1.39. The number of nitro groups is 1. The molecule has 2 rings (SSSR count). The molecule has 1 fully saturated rings. The van der Waals surface area contributed by atoms with Gasteiger partial charge in [0.1, 0.15) is 5.54 Å². The number of nitrogens with one attached hydrogen (secondary N) is 1. The van der Waals surface area contributed by atoms with Crippen LogP contribution >= 0.6 is 0 Å². The predicted molar refractivity (Wildman–Crippen MR) is 75.9 cm³/mol. The van der Waals surface area contributed by atoms with Gasteiger partial charge in [-0.3, -0.25) is 14.9 Å². The van der Waals surface area contributed by atoms with Crippen LogP contribution in [0.3, 0.4) is 0 Å². The molecule has 0 atom stereocenters. The largest absolute Gasteiger partial charge is 0.490 e. The van der Waals surface area contributed by atoms with Crippen molar-refractivity contribution in [1.29, 1.82) is 0 Å². The van der Waals surface area contributed by atoms with Crippen LogP contribution < -0.4 is 10.1 Å². The number of rotatable bonds is 5. The van der Waals surface area contributed by atoms with Gasteiger partial charge in [0.2, 0.25) is 0 Å². The van der Waals surface area contributed by atoms with Crippen LogP contribution in [0.2, 0.25) is 0 Å². The van der Waals surface area contributed by atoms with Crippen molar-refractivity contribution in [2.24, 2.45) is 0 Å². The maximum Gasteiger partial charge on any atom is 0.329 e. The molecule has 0 aromatic heterocycles. The lowest BCUT2D eigenvalue weighted by atomic mass is 9.97. The van der Waals surface area contributed by atoms with E-state index in [1.165, 1.54) is 19.2 Å². The molecule has 0 radical (unpaired) electrons. The van der Waals surface area contributed by atoms with Gasteiger partial charge in [-0.15, -0.1) is 0 Å². The number of benzene rings is 1. The topological polar surface area (TPSA) is 119 Å². The molecule has 1 aromatic rings. The SMILES string of the molecule is COc1cc(C(=O)NC2(C(=O)O)CCCC2)ccc1[N+](=O)[O-]. The second kappa shape index (κ2) is 6.00. The molecular formula is C14H16N2O6. The molecule has 1 aromatic carbocycles. The molecule has 22 heavy (non-hydrogen) atoms. The van der Waals surface area contributed by atoms with Gasteiger partial charge in [-0.1, -0.05) is 12.8 Å². The molecule has 0 unspecified atom stereocenters. The van der Waals surface area contributed by atoms with E-state index in [-0.39, 0.29) is 17.0 Å². The third-order valence-corrected chi connectivity index (χ3v) is 3.86. The first-order chi connectivity index (χ1) is 10.4. The number of methoxy groups -OCH3 is 1. The Morgan fingerprint density at radius 1 is 1.36 bits per heavy atom. The van der Waals surface area contributed by atoms with Gasteiger partial charge in [0.05, 0.1) is 12.0 Å². The fourth-order valence-corrected chi connectivity index (χ4v) is 2.63. The number of carbonyl (C=O) groups excluding carboxylic acids is 1. The highest BCUT2D eigenvalue weighted by molar-refractivity contribution is 5.98. The summed E-state index contributed by atoms with van der Waals surface area (Å²) in [4.78, 5) is 33.9. The third kappa shape index (κ3) is 2.85. The molecule has 0 bridgehead atoms. The van der Waals surface area contributed by atoms with Gasteiger partial charge in [-0.2, -0.15) is 0 Å². The zero-order valence-electron chi connectivity index (χ0n) is 12.0. The van der Waals surface area contributed by atoms with Gasteiger partial charge in [0.15, 0.2) is 5.75 Å². The van der Waals surface area contributed by atoms with Crippen molar-refractivity contribution in [3.63, 3.8) is 0 Å². The van der Waals surface area contributed by atoms with E-state index in [9.17, 15) is 24.8 Å². The van der Waals surface area contributed by atoms with Crippen LogP contribution in [-0.2, 0) is 4.79 Å². The molecular weight excluding hydrogens is 292 g/mol. The highest BCUT2D eigenvalue weighted by Crippen LogP contribution is 2.31. The van der Waals surface area contributed by atoms with Crippen molar-refractivity contribution < 1.29 is 24.4 Å². The van der Waals surface area contributed by atoms with E-state index in [2.05, 4.69) is 5.32 Å². The Kier molecular flexibility index (Phi) is 4.30. The molecule has 0 aliphatic heterocycles. The first-order valence-electron chi connectivity index (χ1n) is 6.78. The predicted octanol–water partition coefficient (Wildman–Crippen LogP) is 1.73. The Morgan fingerprint density at radius 2 is 2.00 bits per heavy atom. The lowest BCUT2D eigenvalue weighted by Crippen LogP contribution is -2.52. The molecule has 1 saturated carbocycles. The molecule has 1 aliphatic carbocycles. The number of carbonyl (C=O) groups is 2. The van der Waals surface area contributed by atoms with Gasteiger partial charge in [-0.05, 0) is 18.9 Å². The summed E-state index contributed by atoms with van der Waals surface area (Å²) in [5, 5.41) is 22.7. The lowest BCUT2D eigenvalue weighted by molar-refractivity contribution is -0.385. The molecule has 0 spiro atoms. The van der Waals surface area contributed by atoms with Crippen LogP contribution in [-0.4, -0.2) is 34.6 Å². The molecule has 0 saturated heterocycles. The number of hydrogen-bond donors (Lipinski definition) is 2. The monoisotopic (exact) mass is 308 g/mol. The second-order valence-electron chi connectivity index (χ2n) is 5.19. The summed E-state index contributed by atoms with van der Waals surface area (Å²) in [6, 6.07) is 3.67. The molecule has 8 heteroatoms. The van der Waals surface area contributed by atoms with Crippen molar-refractivity contribution >= 4 is 17.6 Å². The summed E-state index contributed by atoms with van der Waals surface area (Å²) in [5.74, 6) is -1.70. The van der Waals surface area contributed by atoms with E-state index in [1.807, 2.05) is 0 Å². The van der Waals surface area contributed by atoms with Crippen LogP contribution in [0, 0.1) is 10.1 Å². The van der Waals surface area contributed by atoms with Crippen molar-refractivity contribution in [2.75, 3.05) is 7.11 Å². The quantitative estimate of drug-likeness (QED) is 0.631. The first kappa shape index (κ1) is 15.7. The highest BCUT2D eigenvalue weighted by atomic mass is 16.6. The minimum Gasteiger partial charge on any atom is -0.490 e. The molecule has 1 amide bonds. The summed E-state index contributed by atoms with van der Waals surface area (Å²) >= 11 is 0. The van der Waals surface area contributed by atoms with Crippen LogP contribution in [0.1, 0.15) is 36.0 Å². The zero-order valence-corrected chi connectivity index (χ0v) is 12.0. The Hall–Kier alpha value is -2.64. The number of ether oxygens (including phenoxy) is 1. The average Bonchev–Trinajstić information content (AvgIpc) is 2.96. The number of nitrogens with zero attached hydrogens (tertiary/aromatic N) is 1. The number of nitro benzene ring substituents is 1. The highest BCUT2D eigenvalue weighted by Gasteiger charge is 2.42. The van der Waals surface area contributed by atoms with Crippen molar-refractivity contribution in [1.82, 2.24) is 5.32 Å². The normalized spacial score (nSPS) is 16.0. The standard InChI is InChI=1S/C14H16N2O6/c1-22-11-8-9(4-5-10(11)16(20)21)12(17)15-14(13(18)19)6-2-3-7-14/h4-5,8H,2-3,6-7H2,1H3,(H,15,17)(H,18,19). The van der Waals surface area contributed by atoms with Gasteiger partial charge in [0.25, 0.3) is 5.91 Å². The van der Waals surface area contributed by atoms with Crippen LogP contribution in [0.15, 0.2) is 18.2 Å². The smallest absolute Gasteiger partial charge is 0.329 e. The average molecular weight is 308 g/mol. The Balaban J connectivity index is 2.26. The molecule has 0 heterocycles. The fourth-order valence-electron chi connectivity index (χ4n) is 2.63. The number of aliphatic carboxylic acids is 1. The van der Waals surface area contributed by atoms with E-state index in [1.54, 1.807) is 0 Å². The second-order valence-corrected chi connectivity index (χ2v) is 5.19. The summed E-state index contributed by atoms with van der Waals surface area (Å²) in [6.45, 7) is 0. The Bertz CT molecular complexity index is 622. The van der Waals surface area contributed by atoms with Gasteiger partial charge in [-0.25, -0.2) is 4.79 Å². The maximum absolute atomic E-state index is 12.3. The number of carboxylic acid groups (broad SMARTS) is 1. The molecule has 2 N–H and O–H groups in total. The summed E-state index contributed by atoms with van der Waals surface area (Å²) < 4.78 is 4.90. The van der Waals surface area contributed by atoms with Crippen molar-refractivity contribution in [2.45, 2.75) is 31.2 Å². The van der Waals surface area contributed by atoms with Gasteiger partial charge >= 0.3 is 11.7 Å².